The summed E-state index contributed by atoms with van der Waals surface area (Å²) in [5.41, 5.74) is 0. The first-order valence-electron chi connectivity index (χ1n) is 24.7. The van der Waals surface area contributed by atoms with Gasteiger partial charge in [0.2, 0.25) is 0 Å². The number of unbranched alkanes of at least 4 members (excludes halogenated alkanes) is 37. The fraction of sp³-hybridized carbons (Fsp3) is 1.00. The SMILES string of the molecule is CCCCCCCCCCCCCCCC[PH](CCCCCCCCCCC)(CCCCCCCCCCC)CCCCCCCCCCC. The molecule has 0 nitrogen and oxygen atoms in total. The normalized spacial score (nSPS) is 12.3. The topological polar surface area (TPSA) is 0 Å². The van der Waals surface area contributed by atoms with Gasteiger partial charge in [-0.3, -0.25) is 0 Å². The zero-order valence-electron chi connectivity index (χ0n) is 36.3. The molecule has 0 atom stereocenters. The molecular weight excluding hydrogens is 620 g/mol. The van der Waals surface area contributed by atoms with Gasteiger partial charge < -0.3 is 0 Å². The van der Waals surface area contributed by atoms with Gasteiger partial charge >= 0.3 is 297 Å². The molecule has 0 bridgehead atoms. The Kier molecular flexibility index (Phi) is 44.2. The summed E-state index contributed by atoms with van der Waals surface area (Å²) in [5.74, 6) is 0. The van der Waals surface area contributed by atoms with Gasteiger partial charge in [0.15, 0.2) is 0 Å². The van der Waals surface area contributed by atoms with Gasteiger partial charge in [0.25, 0.3) is 0 Å². The average molecular weight is 723 g/mol. The van der Waals surface area contributed by atoms with E-state index in [1.54, 1.807) is 56.8 Å². The van der Waals surface area contributed by atoms with Crippen molar-refractivity contribution in [3.8, 4) is 0 Å². The molecule has 0 aromatic heterocycles. The molecule has 304 valence electrons. The average Bonchev–Trinajstić information content (AvgIpc) is 3.13. The first-order valence-corrected chi connectivity index (χ1v) is 27.6. The van der Waals surface area contributed by atoms with Crippen molar-refractivity contribution in [2.24, 2.45) is 0 Å². The van der Waals surface area contributed by atoms with E-state index >= 15 is 0 Å². The van der Waals surface area contributed by atoms with Gasteiger partial charge in [-0.25, -0.2) is 0 Å². The Morgan fingerprint density at radius 1 is 0.160 bits per heavy atom. The van der Waals surface area contributed by atoms with Crippen LogP contribution in [0, 0.1) is 0 Å². The number of hydrogen-bond acceptors (Lipinski definition) is 0. The van der Waals surface area contributed by atoms with Crippen LogP contribution >= 0.6 is 7.26 Å². The second-order valence-electron chi connectivity index (χ2n) is 17.6. The fourth-order valence-electron chi connectivity index (χ4n) is 8.88. The molecule has 0 amide bonds. The fourth-order valence-corrected chi connectivity index (χ4v) is 14.4. The van der Waals surface area contributed by atoms with Crippen molar-refractivity contribution >= 4 is 7.26 Å². The summed E-state index contributed by atoms with van der Waals surface area (Å²) in [6.45, 7) is 9.36. The van der Waals surface area contributed by atoms with Gasteiger partial charge in [-0.05, 0) is 0 Å². The molecule has 0 heterocycles. The van der Waals surface area contributed by atoms with Crippen molar-refractivity contribution in [3.63, 3.8) is 0 Å². The molecule has 0 aliphatic carbocycles. The van der Waals surface area contributed by atoms with Crippen LogP contribution in [0.3, 0.4) is 0 Å². The molecule has 0 saturated heterocycles. The third-order valence-corrected chi connectivity index (χ3v) is 18.1. The molecule has 0 aromatic rings. The number of hydrogen-bond donors (Lipinski definition) is 0. The minimum atomic E-state index is -1.16. The molecule has 0 aliphatic heterocycles. The van der Waals surface area contributed by atoms with Crippen LogP contribution in [0.4, 0.5) is 0 Å². The van der Waals surface area contributed by atoms with Gasteiger partial charge in [-0.15, -0.1) is 0 Å². The Balaban J connectivity index is 4.79. The standard InChI is InChI=1S/C49H103P/c1-5-9-13-17-21-25-26-27-28-29-33-37-41-45-49-50(46-42-38-34-30-22-18-14-10-6-2,47-43-39-35-31-23-19-15-11-7-3)48-44-40-36-32-24-20-16-12-8-4/h50H,5-49H2,1-4H3. The quantitative estimate of drug-likeness (QED) is 0.0434. The minimum absolute atomic E-state index is 1.16. The van der Waals surface area contributed by atoms with Crippen LogP contribution in [0.5, 0.6) is 0 Å². The van der Waals surface area contributed by atoms with E-state index in [0.717, 1.165) is 0 Å². The van der Waals surface area contributed by atoms with E-state index in [0.29, 0.717) is 0 Å². The zero-order valence-corrected chi connectivity index (χ0v) is 37.3. The zero-order chi connectivity index (χ0) is 36.3. The van der Waals surface area contributed by atoms with Crippen LogP contribution in [0.2, 0.25) is 0 Å². The second kappa shape index (κ2) is 43.8. The Bertz CT molecular complexity index is 529. The molecule has 0 aliphatic rings. The molecule has 0 radical (unpaired) electrons. The van der Waals surface area contributed by atoms with E-state index in [1.807, 2.05) is 0 Å². The maximum absolute atomic E-state index is 2.35. The molecule has 50 heavy (non-hydrogen) atoms. The predicted molar refractivity (Wildman–Crippen MR) is 240 cm³/mol. The van der Waals surface area contributed by atoms with E-state index in [9.17, 15) is 0 Å². The summed E-state index contributed by atoms with van der Waals surface area (Å²) in [6, 6.07) is 0. The van der Waals surface area contributed by atoms with E-state index in [1.165, 1.54) is 231 Å². The molecule has 0 saturated carbocycles. The van der Waals surface area contributed by atoms with Gasteiger partial charge in [-0.1, -0.05) is 26.2 Å². The Labute approximate surface area is 321 Å². The summed E-state index contributed by atoms with van der Waals surface area (Å²) >= 11 is 0. The molecule has 0 rings (SSSR count). The van der Waals surface area contributed by atoms with Crippen molar-refractivity contribution in [3.05, 3.63) is 0 Å². The predicted octanol–water partition coefficient (Wildman–Crippen LogP) is 18.8. The Hall–Kier alpha value is 0.430. The van der Waals surface area contributed by atoms with Crippen molar-refractivity contribution < 1.29 is 0 Å². The number of rotatable bonds is 45. The third-order valence-electron chi connectivity index (χ3n) is 12.5. The summed E-state index contributed by atoms with van der Waals surface area (Å²) in [6.07, 6.45) is 68.0. The van der Waals surface area contributed by atoms with Crippen molar-refractivity contribution in [2.45, 2.75) is 291 Å². The van der Waals surface area contributed by atoms with Gasteiger partial charge in [0.1, 0.15) is 0 Å². The van der Waals surface area contributed by atoms with Gasteiger partial charge in [0.05, 0.1) is 0 Å². The first-order chi connectivity index (χ1) is 24.7. The van der Waals surface area contributed by atoms with Gasteiger partial charge in [-0.2, -0.15) is 0 Å². The van der Waals surface area contributed by atoms with Crippen LogP contribution in [0.15, 0.2) is 0 Å². The molecule has 1 heteroatoms. The van der Waals surface area contributed by atoms with Gasteiger partial charge in [0, 0.05) is 0 Å². The molecule has 0 fully saturated rings. The van der Waals surface area contributed by atoms with Crippen LogP contribution in [-0.4, -0.2) is 24.6 Å². The van der Waals surface area contributed by atoms with Crippen LogP contribution < -0.4 is 0 Å². The first kappa shape index (κ1) is 50.4. The monoisotopic (exact) mass is 723 g/mol. The van der Waals surface area contributed by atoms with Crippen molar-refractivity contribution in [1.82, 2.24) is 0 Å². The Morgan fingerprint density at radius 3 is 0.420 bits per heavy atom. The summed E-state index contributed by atoms with van der Waals surface area (Å²) in [4.78, 5) is 0. The summed E-state index contributed by atoms with van der Waals surface area (Å²) in [7, 11) is -1.16. The Morgan fingerprint density at radius 2 is 0.280 bits per heavy atom. The van der Waals surface area contributed by atoms with Crippen molar-refractivity contribution in [2.75, 3.05) is 24.6 Å². The van der Waals surface area contributed by atoms with Crippen LogP contribution in [0.1, 0.15) is 291 Å². The van der Waals surface area contributed by atoms with Crippen LogP contribution in [0.25, 0.3) is 0 Å². The molecular formula is C49H103P. The van der Waals surface area contributed by atoms with E-state index < -0.39 is 7.26 Å². The van der Waals surface area contributed by atoms with E-state index in [4.69, 9.17) is 0 Å². The summed E-state index contributed by atoms with van der Waals surface area (Å²) < 4.78 is 0. The molecule has 0 unspecified atom stereocenters. The van der Waals surface area contributed by atoms with E-state index in [2.05, 4.69) is 27.7 Å². The molecule has 0 N–H and O–H groups in total. The second-order valence-corrected chi connectivity index (χ2v) is 22.6. The molecule has 0 spiro atoms. The van der Waals surface area contributed by atoms with Crippen LogP contribution in [-0.2, 0) is 0 Å². The van der Waals surface area contributed by atoms with Crippen molar-refractivity contribution in [1.29, 1.82) is 0 Å². The van der Waals surface area contributed by atoms with E-state index in [-0.39, 0.29) is 0 Å². The molecule has 0 aromatic carbocycles. The third kappa shape index (κ3) is 38.2. The summed E-state index contributed by atoms with van der Waals surface area (Å²) in [5, 5.41) is 0. The maximum atomic E-state index is 2.35.